The van der Waals surface area contributed by atoms with E-state index >= 15 is 0 Å². The maximum Gasteiger partial charge on any atom is 0.268 e. The normalized spacial score (nSPS) is 10.9. The van der Waals surface area contributed by atoms with Crippen molar-refractivity contribution < 1.29 is 14.3 Å². The number of hydrogen-bond acceptors (Lipinski definition) is 5. The average Bonchev–Trinajstić information content (AvgIpc) is 3.19. The predicted molar refractivity (Wildman–Crippen MR) is 127 cm³/mol. The number of carbonyl (C=O) groups is 2. The number of carbonyl (C=O) groups excluding carboxylic acids is 2. The highest BCUT2D eigenvalue weighted by Crippen LogP contribution is 2.22. The molecule has 6 nitrogen and oxygen atoms in total. The largest absolute Gasteiger partial charge is 0.484 e. The minimum atomic E-state index is -0.576. The molecule has 1 aromatic heterocycles. The summed E-state index contributed by atoms with van der Waals surface area (Å²) >= 11 is 7.40. The van der Waals surface area contributed by atoms with Gasteiger partial charge in [-0.25, -0.2) is 4.98 Å². The van der Waals surface area contributed by atoms with Crippen molar-refractivity contribution >= 4 is 34.8 Å². The van der Waals surface area contributed by atoms with Crippen molar-refractivity contribution in [2.45, 2.75) is 39.2 Å². The summed E-state index contributed by atoms with van der Waals surface area (Å²) in [7, 11) is 0. The van der Waals surface area contributed by atoms with Crippen LogP contribution < -0.4 is 15.8 Å². The maximum atomic E-state index is 12.2. The molecule has 0 radical (unpaired) electrons. The Balaban J connectivity index is 1.53. The second-order valence-corrected chi connectivity index (χ2v) is 9.27. The molecule has 2 amide bonds. The van der Waals surface area contributed by atoms with Crippen molar-refractivity contribution in [3.05, 3.63) is 80.3 Å². The molecule has 0 atom stereocenters. The monoisotopic (exact) mass is 471 g/mol. The minimum Gasteiger partial charge on any atom is -0.484 e. The molecule has 32 heavy (non-hydrogen) atoms. The molecule has 168 valence electrons. The molecule has 1 heterocycles. The van der Waals surface area contributed by atoms with E-state index in [1.807, 2.05) is 48.5 Å². The number of amides is 2. The lowest BCUT2D eigenvalue weighted by molar-refractivity contribution is -0.123. The zero-order chi connectivity index (χ0) is 23.1. The van der Waals surface area contributed by atoms with Crippen LogP contribution in [0.5, 0.6) is 5.75 Å². The zero-order valence-corrected chi connectivity index (χ0v) is 19.6. The number of ether oxygens (including phenoxy) is 1. The van der Waals surface area contributed by atoms with Crippen molar-refractivity contribution in [3.8, 4) is 5.75 Å². The van der Waals surface area contributed by atoms with Crippen LogP contribution in [0.1, 0.15) is 51.3 Å². The smallest absolute Gasteiger partial charge is 0.268 e. The first kappa shape index (κ1) is 23.8. The fourth-order valence-electron chi connectivity index (χ4n) is 3.11. The summed E-state index contributed by atoms with van der Waals surface area (Å²) in [6.45, 7) is 4.34. The summed E-state index contributed by atoms with van der Waals surface area (Å²) in [6, 6.07) is 15.3. The van der Waals surface area contributed by atoms with E-state index in [9.17, 15) is 9.59 Å². The van der Waals surface area contributed by atoms with Gasteiger partial charge in [0.2, 0.25) is 0 Å². The summed E-state index contributed by atoms with van der Waals surface area (Å²) in [4.78, 5) is 29.1. The lowest BCUT2D eigenvalue weighted by Gasteiger charge is -2.09. The fourth-order valence-corrected chi connectivity index (χ4v) is 4.34. The van der Waals surface area contributed by atoms with Crippen LogP contribution in [0.15, 0.2) is 48.5 Å². The Labute approximate surface area is 196 Å². The maximum absolute atomic E-state index is 12.2. The number of nitrogens with two attached hydrogens (primary N) is 1. The van der Waals surface area contributed by atoms with Gasteiger partial charge in [0.05, 0.1) is 6.54 Å². The van der Waals surface area contributed by atoms with Gasteiger partial charge in [0.15, 0.2) is 6.61 Å². The van der Waals surface area contributed by atoms with Gasteiger partial charge in [-0.3, -0.25) is 9.59 Å². The van der Waals surface area contributed by atoms with Gasteiger partial charge in [-0.2, -0.15) is 0 Å². The number of thiazole rings is 1. The number of benzene rings is 2. The van der Waals surface area contributed by atoms with Gasteiger partial charge in [-0.1, -0.05) is 49.7 Å². The zero-order valence-electron chi connectivity index (χ0n) is 18.1. The quantitative estimate of drug-likeness (QED) is 0.455. The molecular formula is C24H26ClN3O3S. The van der Waals surface area contributed by atoms with E-state index in [1.165, 1.54) is 16.9 Å². The first-order valence-electron chi connectivity index (χ1n) is 10.3. The third-order valence-corrected chi connectivity index (χ3v) is 6.21. The molecule has 0 aliphatic carbocycles. The van der Waals surface area contributed by atoms with Gasteiger partial charge in [0, 0.05) is 9.90 Å². The molecule has 0 saturated carbocycles. The molecule has 8 heteroatoms. The van der Waals surface area contributed by atoms with Crippen molar-refractivity contribution in [3.63, 3.8) is 0 Å². The van der Waals surface area contributed by atoms with Gasteiger partial charge >= 0.3 is 0 Å². The summed E-state index contributed by atoms with van der Waals surface area (Å²) in [5.74, 6) is 0.228. The first-order valence-corrected chi connectivity index (χ1v) is 11.5. The van der Waals surface area contributed by atoms with Gasteiger partial charge in [-0.05, 0) is 54.2 Å². The summed E-state index contributed by atoms with van der Waals surface area (Å²) in [5, 5.41) is 4.06. The second kappa shape index (κ2) is 11.1. The Morgan fingerprint density at radius 2 is 1.91 bits per heavy atom. The van der Waals surface area contributed by atoms with E-state index < -0.39 is 5.91 Å². The van der Waals surface area contributed by atoms with Crippen LogP contribution in [0.25, 0.3) is 0 Å². The average molecular weight is 472 g/mol. The lowest BCUT2D eigenvalue weighted by Crippen LogP contribution is -2.28. The number of aromatic nitrogens is 1. The second-order valence-electron chi connectivity index (χ2n) is 7.66. The van der Waals surface area contributed by atoms with E-state index in [1.54, 1.807) is 0 Å². The number of halogens is 1. The van der Waals surface area contributed by atoms with E-state index in [0.717, 1.165) is 10.4 Å². The van der Waals surface area contributed by atoms with Crippen LogP contribution in [0, 0.1) is 0 Å². The van der Waals surface area contributed by atoms with Crippen LogP contribution in [0.2, 0.25) is 5.02 Å². The van der Waals surface area contributed by atoms with Crippen molar-refractivity contribution in [2.75, 3.05) is 6.61 Å². The highest BCUT2D eigenvalue weighted by atomic mass is 35.5. The van der Waals surface area contributed by atoms with Crippen LogP contribution in [0.3, 0.4) is 0 Å². The molecular weight excluding hydrogens is 446 g/mol. The third-order valence-electron chi connectivity index (χ3n) is 4.86. The molecule has 0 aliphatic heterocycles. The van der Waals surface area contributed by atoms with Crippen LogP contribution in [0.4, 0.5) is 0 Å². The van der Waals surface area contributed by atoms with Crippen LogP contribution >= 0.6 is 22.9 Å². The van der Waals surface area contributed by atoms with E-state index in [4.69, 9.17) is 22.1 Å². The number of hydrogen-bond donors (Lipinski definition) is 2. The Morgan fingerprint density at radius 1 is 1.16 bits per heavy atom. The van der Waals surface area contributed by atoms with Crippen molar-refractivity contribution in [1.82, 2.24) is 10.3 Å². The molecule has 3 N–H and O–H groups in total. The fraction of sp³-hybridized carbons (Fsp3) is 0.292. The lowest BCUT2D eigenvalue weighted by atomic mass is 10.0. The van der Waals surface area contributed by atoms with Crippen LogP contribution in [-0.2, 0) is 24.2 Å². The molecule has 0 bridgehead atoms. The third kappa shape index (κ3) is 6.80. The van der Waals surface area contributed by atoms with Crippen LogP contribution in [-0.4, -0.2) is 23.4 Å². The highest BCUT2D eigenvalue weighted by molar-refractivity contribution is 7.11. The molecule has 3 aromatic rings. The highest BCUT2D eigenvalue weighted by Gasteiger charge is 2.16. The Morgan fingerprint density at radius 3 is 2.56 bits per heavy atom. The number of primary amides is 1. The first-order chi connectivity index (χ1) is 15.3. The van der Waals surface area contributed by atoms with E-state index in [0.29, 0.717) is 34.5 Å². The molecule has 0 saturated heterocycles. The number of nitrogens with zero attached hydrogens (tertiary/aromatic N) is 1. The van der Waals surface area contributed by atoms with E-state index in [-0.39, 0.29) is 24.8 Å². The molecule has 2 aromatic carbocycles. The minimum absolute atomic E-state index is 0.100. The van der Waals surface area contributed by atoms with Crippen molar-refractivity contribution in [1.29, 1.82) is 0 Å². The van der Waals surface area contributed by atoms with Gasteiger partial charge in [0.1, 0.15) is 16.5 Å². The molecule has 0 spiro atoms. The standard InChI is InChI=1S/C24H26ClN3O3S/c1-15(2)17-7-9-19(10-8-17)31-14-21(29)27-13-22-28-23(24(26)30)20(32-22)11-6-16-4-3-5-18(25)12-16/h3-5,7-10,12,15H,6,11,13-14H2,1-2H3,(H2,26,30)(H,27,29). The number of rotatable bonds is 10. The molecule has 0 unspecified atom stereocenters. The van der Waals surface area contributed by atoms with Gasteiger partial charge < -0.3 is 15.8 Å². The number of aryl methyl sites for hydroxylation is 2. The summed E-state index contributed by atoms with van der Waals surface area (Å²) < 4.78 is 5.54. The Hall–Kier alpha value is -2.90. The van der Waals surface area contributed by atoms with Gasteiger partial charge in [0.25, 0.3) is 11.8 Å². The Kier molecular flexibility index (Phi) is 8.25. The SMILES string of the molecule is CC(C)c1ccc(OCC(=O)NCc2nc(C(N)=O)c(CCc3cccc(Cl)c3)s2)cc1. The molecule has 0 fully saturated rings. The summed E-state index contributed by atoms with van der Waals surface area (Å²) in [5.41, 5.74) is 8.02. The molecule has 3 rings (SSSR count). The van der Waals surface area contributed by atoms with E-state index in [2.05, 4.69) is 24.1 Å². The van der Waals surface area contributed by atoms with Crippen molar-refractivity contribution in [2.24, 2.45) is 5.73 Å². The molecule has 0 aliphatic rings. The summed E-state index contributed by atoms with van der Waals surface area (Å²) in [6.07, 6.45) is 1.32. The topological polar surface area (TPSA) is 94.3 Å². The Bertz CT molecular complexity index is 1080. The number of nitrogens with one attached hydrogen (secondary N) is 1. The predicted octanol–water partition coefficient (Wildman–Crippen LogP) is 4.50. The van der Waals surface area contributed by atoms with Gasteiger partial charge in [-0.15, -0.1) is 11.3 Å².